The van der Waals surface area contributed by atoms with Gasteiger partial charge in [-0.3, -0.25) is 9.69 Å². The topological polar surface area (TPSA) is 107 Å². The smallest absolute Gasteiger partial charge is 0.308 e. The molecular formula is C30H49NO8. The number of likely N-dealkylation sites (tertiary alicyclic amines) is 1. The number of hydrogen-bond acceptors (Lipinski definition) is 9. The molecule has 5 aliphatic carbocycles. The molecule has 1 saturated heterocycles. The number of esters is 1. The summed E-state index contributed by atoms with van der Waals surface area (Å²) in [4.78, 5) is 15.6. The highest BCUT2D eigenvalue weighted by molar-refractivity contribution is 5.72. The van der Waals surface area contributed by atoms with E-state index in [1.807, 2.05) is 13.8 Å². The molecule has 6 aliphatic rings. The van der Waals surface area contributed by atoms with E-state index in [2.05, 4.69) is 11.8 Å². The SMILES string of the molecule is CC[C@H](C)C(=O)O[C@H]1[C@@H]2C[C@@H]3[C@H]1[C@](O)(C[C@@H]2OC)[C@@]1(O)[C@@H](OC)[C@@H]2[C@@]4(COC)CC[C@H](OC)[C@@]32[C@@H]1N(CC)C4. The lowest BCUT2D eigenvalue weighted by Gasteiger charge is -2.70. The molecule has 222 valence electrons. The van der Waals surface area contributed by atoms with Crippen molar-refractivity contribution in [2.24, 2.45) is 40.4 Å². The van der Waals surface area contributed by atoms with Crippen LogP contribution in [0.15, 0.2) is 0 Å². The number of methoxy groups -OCH3 is 4. The maximum atomic E-state index is 13.3. The zero-order valence-corrected chi connectivity index (χ0v) is 24.7. The normalized spacial score (nSPS) is 54.0. The zero-order valence-electron chi connectivity index (χ0n) is 24.7. The number of likely N-dealkylation sites (N-methyl/N-ethyl adjacent to an activating group) is 1. The maximum Gasteiger partial charge on any atom is 0.308 e. The van der Waals surface area contributed by atoms with Crippen molar-refractivity contribution in [2.45, 2.75) is 94.5 Å². The van der Waals surface area contributed by atoms with Crippen molar-refractivity contribution >= 4 is 5.97 Å². The van der Waals surface area contributed by atoms with Gasteiger partial charge in [0.1, 0.15) is 17.3 Å². The average Bonchev–Trinajstić information content (AvgIpc) is 3.32. The van der Waals surface area contributed by atoms with Crippen molar-refractivity contribution in [2.75, 3.05) is 48.1 Å². The van der Waals surface area contributed by atoms with Crippen molar-refractivity contribution in [3.63, 3.8) is 0 Å². The number of ether oxygens (including phenoxy) is 5. The van der Waals surface area contributed by atoms with Gasteiger partial charge in [0.25, 0.3) is 0 Å². The third-order valence-electron chi connectivity index (χ3n) is 12.7. The van der Waals surface area contributed by atoms with E-state index in [0.29, 0.717) is 13.0 Å². The molecule has 9 nitrogen and oxygen atoms in total. The molecular weight excluding hydrogens is 502 g/mol. The Morgan fingerprint density at radius 2 is 1.85 bits per heavy atom. The third-order valence-corrected chi connectivity index (χ3v) is 12.7. The van der Waals surface area contributed by atoms with E-state index in [1.54, 1.807) is 28.4 Å². The van der Waals surface area contributed by atoms with Gasteiger partial charge in [-0.2, -0.15) is 0 Å². The molecule has 1 aliphatic heterocycles. The van der Waals surface area contributed by atoms with Crippen LogP contribution in [0.3, 0.4) is 0 Å². The molecule has 2 N–H and O–H groups in total. The number of piperidine rings is 1. The number of carbonyl (C=O) groups excluding carboxylic acids is 1. The summed E-state index contributed by atoms with van der Waals surface area (Å²) in [5, 5.41) is 26.4. The molecule has 9 heteroatoms. The molecule has 1 heterocycles. The van der Waals surface area contributed by atoms with Gasteiger partial charge < -0.3 is 33.9 Å². The van der Waals surface area contributed by atoms with Crippen molar-refractivity contribution in [3.05, 3.63) is 0 Å². The molecule has 0 aromatic heterocycles. The van der Waals surface area contributed by atoms with Crippen LogP contribution in [0.25, 0.3) is 0 Å². The van der Waals surface area contributed by atoms with Gasteiger partial charge in [0, 0.05) is 70.0 Å². The van der Waals surface area contributed by atoms with Gasteiger partial charge in [0.2, 0.25) is 0 Å². The molecule has 7 bridgehead atoms. The highest BCUT2D eigenvalue weighted by atomic mass is 16.6. The number of carbonyl (C=O) groups is 1. The molecule has 5 saturated carbocycles. The fourth-order valence-corrected chi connectivity index (χ4v) is 11.5. The molecule has 6 fully saturated rings. The van der Waals surface area contributed by atoms with E-state index in [-0.39, 0.29) is 59.7 Å². The van der Waals surface area contributed by atoms with Gasteiger partial charge in [0.05, 0.1) is 36.9 Å². The van der Waals surface area contributed by atoms with E-state index in [0.717, 1.165) is 32.4 Å². The van der Waals surface area contributed by atoms with Crippen molar-refractivity contribution in [3.8, 4) is 0 Å². The summed E-state index contributed by atoms with van der Waals surface area (Å²) in [6.45, 7) is 8.07. The minimum absolute atomic E-state index is 0.0337. The summed E-state index contributed by atoms with van der Waals surface area (Å²) in [6.07, 6.45) is 1.85. The fraction of sp³-hybridized carbons (Fsp3) is 0.967. The lowest BCUT2D eigenvalue weighted by atomic mass is 9.42. The van der Waals surface area contributed by atoms with Crippen LogP contribution in [-0.4, -0.2) is 111 Å². The Labute approximate surface area is 232 Å². The Bertz CT molecular complexity index is 981. The van der Waals surface area contributed by atoms with Gasteiger partial charge in [0.15, 0.2) is 0 Å². The number of rotatable bonds is 9. The molecule has 14 atom stereocenters. The Morgan fingerprint density at radius 3 is 2.44 bits per heavy atom. The molecule has 0 aromatic rings. The summed E-state index contributed by atoms with van der Waals surface area (Å²) in [5.74, 6) is -1.07. The summed E-state index contributed by atoms with van der Waals surface area (Å²) >= 11 is 0. The van der Waals surface area contributed by atoms with E-state index < -0.39 is 34.7 Å². The van der Waals surface area contributed by atoms with E-state index in [4.69, 9.17) is 23.7 Å². The van der Waals surface area contributed by atoms with Gasteiger partial charge in [-0.25, -0.2) is 0 Å². The van der Waals surface area contributed by atoms with Gasteiger partial charge in [-0.15, -0.1) is 0 Å². The Balaban J connectivity index is 1.61. The predicted octanol–water partition coefficient (Wildman–Crippen LogP) is 1.87. The van der Waals surface area contributed by atoms with Crippen LogP contribution in [0.5, 0.6) is 0 Å². The molecule has 39 heavy (non-hydrogen) atoms. The highest BCUT2D eigenvalue weighted by Crippen LogP contribution is 2.80. The molecule has 0 amide bonds. The molecule has 0 aromatic carbocycles. The highest BCUT2D eigenvalue weighted by Gasteiger charge is 2.91. The number of nitrogens with zero attached hydrogens (tertiary/aromatic N) is 1. The van der Waals surface area contributed by atoms with Crippen molar-refractivity contribution in [1.82, 2.24) is 4.90 Å². The molecule has 1 spiro atoms. The van der Waals surface area contributed by atoms with Crippen LogP contribution in [0.2, 0.25) is 0 Å². The first-order valence-electron chi connectivity index (χ1n) is 15.1. The maximum absolute atomic E-state index is 13.3. The summed E-state index contributed by atoms with van der Waals surface area (Å²) in [6, 6.07) is -0.355. The van der Waals surface area contributed by atoms with Crippen LogP contribution in [0.4, 0.5) is 0 Å². The largest absolute Gasteiger partial charge is 0.461 e. The second-order valence-electron chi connectivity index (χ2n) is 13.6. The minimum atomic E-state index is -1.60. The summed E-state index contributed by atoms with van der Waals surface area (Å²) in [5.41, 5.74) is -3.91. The van der Waals surface area contributed by atoms with E-state index in [9.17, 15) is 15.0 Å². The first kappa shape index (κ1) is 28.3. The number of aliphatic hydroxyl groups is 2. The molecule has 6 rings (SSSR count). The lowest BCUT2D eigenvalue weighted by Crippen LogP contribution is -2.82. The fourth-order valence-electron chi connectivity index (χ4n) is 11.5. The minimum Gasteiger partial charge on any atom is -0.461 e. The number of hydrogen-bond donors (Lipinski definition) is 2. The lowest BCUT2D eigenvalue weighted by molar-refractivity contribution is -0.319. The summed E-state index contributed by atoms with van der Waals surface area (Å²) < 4.78 is 31.0. The van der Waals surface area contributed by atoms with Crippen LogP contribution in [0.1, 0.15) is 52.9 Å². The van der Waals surface area contributed by atoms with Gasteiger partial charge >= 0.3 is 5.97 Å². The van der Waals surface area contributed by atoms with Crippen LogP contribution in [0, 0.1) is 40.4 Å². The van der Waals surface area contributed by atoms with Crippen LogP contribution in [-0.2, 0) is 28.5 Å². The average molecular weight is 552 g/mol. The standard InChI is InChI=1S/C30H49NO8/c1-8-16(3)25(32)39-22-17-12-18-21(22)28(33,13-19(17)36-5)30(34)24(38-7)23-27(15-35-4)11-10-20(37-6)29(18,23)26(30)31(9-2)14-27/h16-24,26,33-34H,8-15H2,1-7H3/t16-,17+,18+,19-,20-,21+,22-,23+,24-,26-,27-,28+,29-,30+/m0/s1. The second-order valence-corrected chi connectivity index (χ2v) is 13.6. The summed E-state index contributed by atoms with van der Waals surface area (Å²) in [7, 11) is 6.87. The van der Waals surface area contributed by atoms with Gasteiger partial charge in [-0.1, -0.05) is 20.8 Å². The van der Waals surface area contributed by atoms with Gasteiger partial charge in [-0.05, 0) is 38.1 Å². The van der Waals surface area contributed by atoms with Crippen molar-refractivity contribution in [1.29, 1.82) is 0 Å². The Kier molecular flexibility index (Phi) is 6.79. The number of fused-ring (bicyclic) bond motifs is 2. The van der Waals surface area contributed by atoms with E-state index in [1.165, 1.54) is 0 Å². The van der Waals surface area contributed by atoms with Crippen LogP contribution >= 0.6 is 0 Å². The molecule has 0 unspecified atom stereocenters. The Hall–Kier alpha value is -0.810. The third kappa shape index (κ3) is 3.08. The first-order chi connectivity index (χ1) is 18.6. The monoisotopic (exact) mass is 551 g/mol. The predicted molar refractivity (Wildman–Crippen MR) is 142 cm³/mol. The van der Waals surface area contributed by atoms with Crippen LogP contribution < -0.4 is 0 Å². The quantitative estimate of drug-likeness (QED) is 0.416. The zero-order chi connectivity index (χ0) is 28.1. The first-order valence-corrected chi connectivity index (χ1v) is 15.1. The Morgan fingerprint density at radius 1 is 1.10 bits per heavy atom. The molecule has 0 radical (unpaired) electrons. The van der Waals surface area contributed by atoms with Crippen molar-refractivity contribution < 1.29 is 38.7 Å². The van der Waals surface area contributed by atoms with E-state index >= 15 is 0 Å². The second kappa shape index (κ2) is 9.35.